The van der Waals surface area contributed by atoms with Crippen LogP contribution in [0.2, 0.25) is 0 Å². The normalized spacial score (nSPS) is 10.5. The summed E-state index contributed by atoms with van der Waals surface area (Å²) in [4.78, 5) is 13.0. The Labute approximate surface area is 124 Å². The van der Waals surface area contributed by atoms with Gasteiger partial charge in [0.1, 0.15) is 5.75 Å². The third-order valence-electron chi connectivity index (χ3n) is 2.83. The standard InChI is InChI=1S/C14H11N3O3S/c1-8-7-9(18)4-5-10(8)12(19)15-14-17-16-13(20-14)11-3-2-6-21-11/h2-7,18H,1H3,(H,15,17,19). The zero-order chi connectivity index (χ0) is 14.8. The summed E-state index contributed by atoms with van der Waals surface area (Å²) < 4.78 is 5.39. The van der Waals surface area contributed by atoms with Crippen LogP contribution in [0.25, 0.3) is 10.8 Å². The zero-order valence-electron chi connectivity index (χ0n) is 11.0. The van der Waals surface area contributed by atoms with Gasteiger partial charge >= 0.3 is 6.01 Å². The van der Waals surface area contributed by atoms with Gasteiger partial charge in [0, 0.05) is 5.56 Å². The van der Waals surface area contributed by atoms with E-state index in [-0.39, 0.29) is 17.7 Å². The Morgan fingerprint density at radius 2 is 2.19 bits per heavy atom. The molecule has 2 N–H and O–H groups in total. The van der Waals surface area contributed by atoms with E-state index in [0.29, 0.717) is 17.0 Å². The van der Waals surface area contributed by atoms with E-state index in [1.54, 1.807) is 6.92 Å². The fourth-order valence-electron chi connectivity index (χ4n) is 1.84. The van der Waals surface area contributed by atoms with Gasteiger partial charge < -0.3 is 9.52 Å². The van der Waals surface area contributed by atoms with Crippen LogP contribution in [-0.2, 0) is 0 Å². The summed E-state index contributed by atoms with van der Waals surface area (Å²) in [5, 5.41) is 21.5. The second kappa shape index (κ2) is 5.37. The Kier molecular flexibility index (Phi) is 3.41. The number of phenolic OH excluding ortho intramolecular Hbond substituents is 1. The number of phenols is 1. The van der Waals surface area contributed by atoms with Crippen LogP contribution >= 0.6 is 11.3 Å². The second-order valence-corrected chi connectivity index (χ2v) is 5.29. The molecule has 0 aliphatic carbocycles. The van der Waals surface area contributed by atoms with Crippen molar-refractivity contribution in [1.82, 2.24) is 10.2 Å². The van der Waals surface area contributed by atoms with Crippen molar-refractivity contribution in [2.75, 3.05) is 5.32 Å². The first kappa shape index (κ1) is 13.3. The SMILES string of the molecule is Cc1cc(O)ccc1C(=O)Nc1nnc(-c2cccs2)o1. The first-order valence-corrected chi connectivity index (χ1v) is 7.00. The van der Waals surface area contributed by atoms with Crippen LogP contribution in [0.1, 0.15) is 15.9 Å². The molecule has 21 heavy (non-hydrogen) atoms. The number of hydrogen-bond donors (Lipinski definition) is 2. The van der Waals surface area contributed by atoms with Crippen LogP contribution in [0.3, 0.4) is 0 Å². The minimum absolute atomic E-state index is 0.0378. The fourth-order valence-corrected chi connectivity index (χ4v) is 2.48. The Morgan fingerprint density at radius 3 is 2.90 bits per heavy atom. The number of thiophene rings is 1. The minimum atomic E-state index is -0.367. The van der Waals surface area contributed by atoms with Crippen LogP contribution < -0.4 is 5.32 Å². The average molecular weight is 301 g/mol. The summed E-state index contributed by atoms with van der Waals surface area (Å²) in [5.41, 5.74) is 1.09. The van der Waals surface area contributed by atoms with Crippen molar-refractivity contribution in [3.8, 4) is 16.5 Å². The number of nitrogens with one attached hydrogen (secondary N) is 1. The van der Waals surface area contributed by atoms with Gasteiger partial charge in [-0.2, -0.15) is 0 Å². The molecule has 0 spiro atoms. The summed E-state index contributed by atoms with van der Waals surface area (Å²) in [7, 11) is 0. The minimum Gasteiger partial charge on any atom is -0.508 e. The van der Waals surface area contributed by atoms with Crippen molar-refractivity contribution >= 4 is 23.3 Å². The maximum absolute atomic E-state index is 12.1. The summed E-state index contributed by atoms with van der Waals surface area (Å²) >= 11 is 1.47. The van der Waals surface area contributed by atoms with Crippen molar-refractivity contribution in [1.29, 1.82) is 0 Å². The second-order valence-electron chi connectivity index (χ2n) is 4.34. The molecule has 1 amide bonds. The van der Waals surface area contributed by atoms with Crippen LogP contribution in [0.15, 0.2) is 40.1 Å². The van der Waals surface area contributed by atoms with E-state index in [2.05, 4.69) is 15.5 Å². The number of carbonyl (C=O) groups excluding carboxylic acids is 1. The van der Waals surface area contributed by atoms with E-state index in [1.807, 2.05) is 17.5 Å². The third-order valence-corrected chi connectivity index (χ3v) is 3.69. The van der Waals surface area contributed by atoms with Gasteiger partial charge in [0.25, 0.3) is 11.8 Å². The maximum atomic E-state index is 12.1. The number of amides is 1. The summed E-state index contributed by atoms with van der Waals surface area (Å²) in [6, 6.07) is 8.27. The Hall–Kier alpha value is -2.67. The van der Waals surface area contributed by atoms with E-state index < -0.39 is 0 Å². The lowest BCUT2D eigenvalue weighted by Crippen LogP contribution is -2.13. The molecule has 6 nitrogen and oxygen atoms in total. The lowest BCUT2D eigenvalue weighted by atomic mass is 10.1. The molecule has 3 rings (SSSR count). The Bertz CT molecular complexity index is 781. The van der Waals surface area contributed by atoms with Gasteiger partial charge in [-0.15, -0.1) is 16.4 Å². The number of aryl methyl sites for hydroxylation is 1. The van der Waals surface area contributed by atoms with Crippen molar-refractivity contribution in [3.05, 3.63) is 46.8 Å². The van der Waals surface area contributed by atoms with E-state index in [4.69, 9.17) is 4.42 Å². The van der Waals surface area contributed by atoms with Gasteiger partial charge in [-0.3, -0.25) is 10.1 Å². The number of anilines is 1. The van der Waals surface area contributed by atoms with Gasteiger partial charge in [-0.1, -0.05) is 11.2 Å². The topological polar surface area (TPSA) is 88.2 Å². The lowest BCUT2D eigenvalue weighted by Gasteiger charge is -2.04. The fraction of sp³-hybridized carbons (Fsp3) is 0.0714. The number of aromatic nitrogens is 2. The van der Waals surface area contributed by atoms with Crippen LogP contribution in [-0.4, -0.2) is 21.2 Å². The molecule has 0 saturated heterocycles. The molecular formula is C14H11N3O3S. The van der Waals surface area contributed by atoms with Crippen molar-refractivity contribution in [3.63, 3.8) is 0 Å². The highest BCUT2D eigenvalue weighted by atomic mass is 32.1. The molecule has 0 saturated carbocycles. The molecule has 2 aromatic heterocycles. The number of rotatable bonds is 3. The molecule has 0 bridgehead atoms. The average Bonchev–Trinajstić information content (AvgIpc) is 3.08. The zero-order valence-corrected chi connectivity index (χ0v) is 11.8. The molecule has 3 aromatic rings. The number of carbonyl (C=O) groups is 1. The van der Waals surface area contributed by atoms with Crippen molar-refractivity contribution in [2.24, 2.45) is 0 Å². The maximum Gasteiger partial charge on any atom is 0.322 e. The van der Waals surface area contributed by atoms with Crippen molar-refractivity contribution in [2.45, 2.75) is 6.92 Å². The molecule has 106 valence electrons. The van der Waals surface area contributed by atoms with Crippen LogP contribution in [0.4, 0.5) is 6.01 Å². The molecule has 0 fully saturated rings. The number of hydrogen-bond acceptors (Lipinski definition) is 6. The van der Waals surface area contributed by atoms with E-state index in [1.165, 1.54) is 29.5 Å². The summed E-state index contributed by atoms with van der Waals surface area (Å²) in [5.74, 6) is 0.110. The first-order valence-electron chi connectivity index (χ1n) is 6.12. The smallest absolute Gasteiger partial charge is 0.322 e. The van der Waals surface area contributed by atoms with Gasteiger partial charge in [0.15, 0.2) is 0 Å². The summed E-state index contributed by atoms with van der Waals surface area (Å²) in [6.07, 6.45) is 0. The first-order chi connectivity index (χ1) is 10.1. The molecule has 0 radical (unpaired) electrons. The number of benzene rings is 1. The van der Waals surface area contributed by atoms with E-state index in [0.717, 1.165) is 4.88 Å². The van der Waals surface area contributed by atoms with Crippen LogP contribution in [0, 0.1) is 6.92 Å². The molecule has 0 aliphatic rings. The lowest BCUT2D eigenvalue weighted by molar-refractivity contribution is 0.102. The van der Waals surface area contributed by atoms with Gasteiger partial charge in [-0.25, -0.2) is 0 Å². The summed E-state index contributed by atoms with van der Waals surface area (Å²) in [6.45, 7) is 1.74. The third kappa shape index (κ3) is 2.77. The highest BCUT2D eigenvalue weighted by Crippen LogP contribution is 2.24. The molecule has 0 atom stereocenters. The Morgan fingerprint density at radius 1 is 1.33 bits per heavy atom. The molecule has 0 unspecified atom stereocenters. The van der Waals surface area contributed by atoms with E-state index in [9.17, 15) is 9.90 Å². The molecule has 1 aromatic carbocycles. The monoisotopic (exact) mass is 301 g/mol. The Balaban J connectivity index is 1.79. The predicted octanol–water partition coefficient (Wildman–Crippen LogP) is 3.06. The van der Waals surface area contributed by atoms with Crippen molar-refractivity contribution < 1.29 is 14.3 Å². The largest absolute Gasteiger partial charge is 0.508 e. The quantitative estimate of drug-likeness (QED) is 0.776. The van der Waals surface area contributed by atoms with Gasteiger partial charge in [0.05, 0.1) is 4.88 Å². The highest BCUT2D eigenvalue weighted by molar-refractivity contribution is 7.13. The molecule has 0 aliphatic heterocycles. The molecule has 7 heteroatoms. The van der Waals surface area contributed by atoms with Gasteiger partial charge in [-0.05, 0) is 42.1 Å². The number of nitrogens with zero attached hydrogens (tertiary/aromatic N) is 2. The van der Waals surface area contributed by atoms with Gasteiger partial charge in [0.2, 0.25) is 0 Å². The molecule has 2 heterocycles. The highest BCUT2D eigenvalue weighted by Gasteiger charge is 2.14. The number of aromatic hydroxyl groups is 1. The molecular weight excluding hydrogens is 290 g/mol. The predicted molar refractivity (Wildman–Crippen MR) is 78.4 cm³/mol. The van der Waals surface area contributed by atoms with Crippen LogP contribution in [0.5, 0.6) is 5.75 Å². The van der Waals surface area contributed by atoms with E-state index >= 15 is 0 Å².